The van der Waals surface area contributed by atoms with E-state index >= 15 is 0 Å². The minimum Gasteiger partial charge on any atom is -0.350 e. The summed E-state index contributed by atoms with van der Waals surface area (Å²) in [5, 5.41) is 2.70. The number of carbonyl (C=O) groups excluding carboxylic acids is 3. The molecule has 6 nitrogen and oxygen atoms in total. The Bertz CT molecular complexity index is 346. The van der Waals surface area contributed by atoms with Crippen LogP contribution in [0.3, 0.4) is 0 Å². The zero-order chi connectivity index (χ0) is 13.2. The van der Waals surface area contributed by atoms with E-state index in [2.05, 4.69) is 5.32 Å². The molecule has 1 rings (SSSR count). The number of carbonyl (C=O) groups is 3. The highest BCUT2D eigenvalue weighted by atomic mass is 16.2. The van der Waals surface area contributed by atoms with Crippen molar-refractivity contribution in [3.8, 4) is 0 Å². The molecule has 17 heavy (non-hydrogen) atoms. The Labute approximate surface area is 101 Å². The number of imide groups is 1. The zero-order valence-corrected chi connectivity index (χ0v) is 10.4. The second kappa shape index (κ2) is 4.83. The quantitative estimate of drug-likeness (QED) is 0.630. The minimum absolute atomic E-state index is 0.218. The van der Waals surface area contributed by atoms with E-state index in [1.54, 1.807) is 0 Å². The van der Waals surface area contributed by atoms with Gasteiger partial charge in [-0.25, -0.2) is 0 Å². The number of amides is 3. The van der Waals surface area contributed by atoms with E-state index in [0.717, 1.165) is 4.90 Å². The normalized spacial score (nSPS) is 21.6. The maximum Gasteiger partial charge on any atom is 0.246 e. The van der Waals surface area contributed by atoms with Gasteiger partial charge in [0.2, 0.25) is 17.7 Å². The van der Waals surface area contributed by atoms with Gasteiger partial charge in [0, 0.05) is 12.0 Å². The molecule has 1 atom stereocenters. The van der Waals surface area contributed by atoms with Gasteiger partial charge in [0.15, 0.2) is 0 Å². The van der Waals surface area contributed by atoms with E-state index in [4.69, 9.17) is 5.73 Å². The highest BCUT2D eigenvalue weighted by Gasteiger charge is 2.33. The van der Waals surface area contributed by atoms with Crippen LogP contribution in [0.2, 0.25) is 0 Å². The topological polar surface area (TPSA) is 92.5 Å². The molecule has 0 aliphatic carbocycles. The number of nitrogens with two attached hydrogens (primary N) is 1. The Morgan fingerprint density at radius 2 is 2.06 bits per heavy atom. The molecule has 0 radical (unpaired) electrons. The molecule has 1 heterocycles. The Kier molecular flexibility index (Phi) is 3.87. The van der Waals surface area contributed by atoms with Gasteiger partial charge in [0.25, 0.3) is 0 Å². The summed E-state index contributed by atoms with van der Waals surface area (Å²) in [6.45, 7) is 5.24. The standard InChI is InChI=1S/C11H19N3O3/c1-11(2,3)13-8(15)6-14-9(16)5-4-7(12)10(14)17/h7H,4-6,12H2,1-3H3,(H,13,15). The maximum absolute atomic E-state index is 11.6. The smallest absolute Gasteiger partial charge is 0.246 e. The molecule has 1 unspecified atom stereocenters. The number of likely N-dealkylation sites (tertiary alicyclic amines) is 1. The molecule has 3 amide bonds. The van der Waals surface area contributed by atoms with Crippen LogP contribution in [0.15, 0.2) is 0 Å². The summed E-state index contributed by atoms with van der Waals surface area (Å²) in [4.78, 5) is 35.7. The van der Waals surface area contributed by atoms with Crippen molar-refractivity contribution < 1.29 is 14.4 Å². The second-order valence-corrected chi connectivity index (χ2v) is 5.26. The fourth-order valence-corrected chi connectivity index (χ4v) is 1.63. The molecular formula is C11H19N3O3. The number of hydrogen-bond donors (Lipinski definition) is 2. The van der Waals surface area contributed by atoms with Crippen molar-refractivity contribution in [2.24, 2.45) is 5.73 Å². The summed E-state index contributed by atoms with van der Waals surface area (Å²) < 4.78 is 0. The lowest BCUT2D eigenvalue weighted by atomic mass is 10.0. The third kappa shape index (κ3) is 3.81. The van der Waals surface area contributed by atoms with Crippen LogP contribution < -0.4 is 11.1 Å². The van der Waals surface area contributed by atoms with Crippen LogP contribution in [0.5, 0.6) is 0 Å². The SMILES string of the molecule is CC(C)(C)NC(=O)CN1C(=O)CCC(N)C1=O. The Morgan fingerprint density at radius 3 is 2.59 bits per heavy atom. The Balaban J connectivity index is 2.63. The molecule has 0 bridgehead atoms. The molecule has 0 aromatic rings. The molecule has 1 fully saturated rings. The summed E-state index contributed by atoms with van der Waals surface area (Å²) in [6.07, 6.45) is 0.574. The number of piperidine rings is 1. The molecule has 96 valence electrons. The summed E-state index contributed by atoms with van der Waals surface area (Å²) in [5.74, 6) is -1.15. The number of nitrogens with one attached hydrogen (secondary N) is 1. The van der Waals surface area contributed by atoms with Crippen molar-refractivity contribution >= 4 is 17.7 Å². The van der Waals surface area contributed by atoms with Crippen molar-refractivity contribution in [3.63, 3.8) is 0 Å². The lowest BCUT2D eigenvalue weighted by Crippen LogP contribution is -2.55. The first-order valence-corrected chi connectivity index (χ1v) is 5.61. The third-order valence-corrected chi connectivity index (χ3v) is 2.37. The highest BCUT2D eigenvalue weighted by Crippen LogP contribution is 2.11. The largest absolute Gasteiger partial charge is 0.350 e. The van der Waals surface area contributed by atoms with Gasteiger partial charge in [0.1, 0.15) is 6.54 Å². The van der Waals surface area contributed by atoms with E-state index in [1.807, 2.05) is 20.8 Å². The van der Waals surface area contributed by atoms with Gasteiger partial charge in [-0.05, 0) is 27.2 Å². The summed E-state index contributed by atoms with van der Waals surface area (Å²) in [5.41, 5.74) is 5.17. The first-order valence-electron chi connectivity index (χ1n) is 5.61. The van der Waals surface area contributed by atoms with E-state index in [1.165, 1.54) is 0 Å². The van der Waals surface area contributed by atoms with Crippen molar-refractivity contribution in [2.45, 2.75) is 45.2 Å². The lowest BCUT2D eigenvalue weighted by Gasteiger charge is -2.29. The molecular weight excluding hydrogens is 222 g/mol. The molecule has 1 saturated heterocycles. The van der Waals surface area contributed by atoms with Gasteiger partial charge in [-0.3, -0.25) is 19.3 Å². The minimum atomic E-state index is -0.671. The van der Waals surface area contributed by atoms with Gasteiger partial charge in [0.05, 0.1) is 6.04 Å². The van der Waals surface area contributed by atoms with Gasteiger partial charge in [-0.15, -0.1) is 0 Å². The zero-order valence-electron chi connectivity index (χ0n) is 10.4. The van der Waals surface area contributed by atoms with Crippen LogP contribution in [-0.4, -0.2) is 40.7 Å². The maximum atomic E-state index is 11.6. The van der Waals surface area contributed by atoms with E-state index in [0.29, 0.717) is 6.42 Å². The lowest BCUT2D eigenvalue weighted by molar-refractivity contribution is -0.152. The van der Waals surface area contributed by atoms with Crippen molar-refractivity contribution in [1.82, 2.24) is 10.2 Å². The van der Waals surface area contributed by atoms with Crippen LogP contribution in [-0.2, 0) is 14.4 Å². The number of nitrogens with zero attached hydrogens (tertiary/aromatic N) is 1. The van der Waals surface area contributed by atoms with Crippen LogP contribution in [0, 0.1) is 0 Å². The molecule has 0 spiro atoms. The van der Waals surface area contributed by atoms with Crippen LogP contribution >= 0.6 is 0 Å². The Morgan fingerprint density at radius 1 is 1.47 bits per heavy atom. The monoisotopic (exact) mass is 241 g/mol. The van der Waals surface area contributed by atoms with Gasteiger partial charge < -0.3 is 11.1 Å². The molecule has 0 saturated carbocycles. The summed E-state index contributed by atoms with van der Waals surface area (Å²) in [6, 6.07) is -0.671. The van der Waals surface area contributed by atoms with E-state index in [-0.39, 0.29) is 30.3 Å². The van der Waals surface area contributed by atoms with Gasteiger partial charge in [-0.1, -0.05) is 0 Å². The summed E-state index contributed by atoms with van der Waals surface area (Å²) in [7, 11) is 0. The van der Waals surface area contributed by atoms with Crippen LogP contribution in [0.4, 0.5) is 0 Å². The van der Waals surface area contributed by atoms with Crippen LogP contribution in [0.25, 0.3) is 0 Å². The predicted molar refractivity (Wildman–Crippen MR) is 61.8 cm³/mol. The van der Waals surface area contributed by atoms with Gasteiger partial charge in [-0.2, -0.15) is 0 Å². The van der Waals surface area contributed by atoms with Crippen molar-refractivity contribution in [2.75, 3.05) is 6.54 Å². The average Bonchev–Trinajstić information content (AvgIpc) is 2.16. The van der Waals surface area contributed by atoms with Gasteiger partial charge >= 0.3 is 0 Å². The number of rotatable bonds is 2. The molecule has 6 heteroatoms. The highest BCUT2D eigenvalue weighted by molar-refractivity contribution is 6.03. The average molecular weight is 241 g/mol. The molecule has 0 aromatic carbocycles. The van der Waals surface area contributed by atoms with Crippen molar-refractivity contribution in [1.29, 1.82) is 0 Å². The molecule has 0 aromatic heterocycles. The van der Waals surface area contributed by atoms with E-state index < -0.39 is 11.9 Å². The number of hydrogen-bond acceptors (Lipinski definition) is 4. The fourth-order valence-electron chi connectivity index (χ4n) is 1.63. The Hall–Kier alpha value is -1.43. The first kappa shape index (κ1) is 13.6. The third-order valence-electron chi connectivity index (χ3n) is 2.37. The predicted octanol–water partition coefficient (Wildman–Crippen LogP) is -0.623. The van der Waals surface area contributed by atoms with Crippen LogP contribution in [0.1, 0.15) is 33.6 Å². The second-order valence-electron chi connectivity index (χ2n) is 5.26. The molecule has 1 aliphatic heterocycles. The molecule has 3 N–H and O–H groups in total. The van der Waals surface area contributed by atoms with E-state index in [9.17, 15) is 14.4 Å². The summed E-state index contributed by atoms with van der Waals surface area (Å²) >= 11 is 0. The molecule has 1 aliphatic rings. The fraction of sp³-hybridized carbons (Fsp3) is 0.727. The van der Waals surface area contributed by atoms with Crippen molar-refractivity contribution in [3.05, 3.63) is 0 Å². The first-order chi connectivity index (χ1) is 7.70.